The first-order valence-corrected chi connectivity index (χ1v) is 6.64. The Balaban J connectivity index is 2.64. The standard InChI is InChI=1S/C10H16N6O3S/c1-6-9(19)16(11)10(14-13-6)20-5-8(18)15(3)4-7(17)12-2/h4-5,11H2,1-3H3,(H,12,17). The van der Waals surface area contributed by atoms with E-state index in [0.29, 0.717) is 0 Å². The number of likely N-dealkylation sites (N-methyl/N-ethyl adjacent to an activating group) is 2. The quantitative estimate of drug-likeness (QED) is 0.474. The minimum Gasteiger partial charge on any atom is -0.358 e. The Kier molecular flexibility index (Phi) is 5.50. The fourth-order valence-corrected chi connectivity index (χ4v) is 1.98. The molecule has 0 fully saturated rings. The predicted molar refractivity (Wildman–Crippen MR) is 73.6 cm³/mol. The van der Waals surface area contributed by atoms with Crippen LogP contribution in [0.15, 0.2) is 9.95 Å². The Hall–Kier alpha value is -2.10. The summed E-state index contributed by atoms with van der Waals surface area (Å²) in [4.78, 5) is 35.7. The van der Waals surface area contributed by atoms with E-state index in [1.807, 2.05) is 0 Å². The molecular formula is C10H16N6O3S. The molecule has 2 amide bonds. The van der Waals surface area contributed by atoms with Gasteiger partial charge in [0.2, 0.25) is 17.0 Å². The van der Waals surface area contributed by atoms with Crippen LogP contribution in [0.25, 0.3) is 0 Å². The van der Waals surface area contributed by atoms with Crippen LogP contribution in [0.5, 0.6) is 0 Å². The van der Waals surface area contributed by atoms with Gasteiger partial charge in [-0.1, -0.05) is 11.8 Å². The second-order valence-corrected chi connectivity index (χ2v) is 4.90. The van der Waals surface area contributed by atoms with Crippen LogP contribution in [0.3, 0.4) is 0 Å². The largest absolute Gasteiger partial charge is 0.358 e. The number of carbonyl (C=O) groups is 2. The van der Waals surface area contributed by atoms with Gasteiger partial charge in [0.25, 0.3) is 5.56 Å². The van der Waals surface area contributed by atoms with Gasteiger partial charge in [-0.25, -0.2) is 0 Å². The van der Waals surface area contributed by atoms with E-state index in [1.165, 1.54) is 25.9 Å². The second-order valence-electron chi connectivity index (χ2n) is 3.95. The Bertz CT molecular complexity index is 573. The van der Waals surface area contributed by atoms with Crippen LogP contribution in [-0.2, 0) is 9.59 Å². The maximum atomic E-state index is 11.8. The lowest BCUT2D eigenvalue weighted by atomic mass is 10.5. The first-order chi connectivity index (χ1) is 9.36. The van der Waals surface area contributed by atoms with Crippen LogP contribution < -0.4 is 16.7 Å². The number of thioether (sulfide) groups is 1. The zero-order valence-electron chi connectivity index (χ0n) is 11.4. The topological polar surface area (TPSA) is 123 Å². The third-order valence-corrected chi connectivity index (χ3v) is 3.36. The molecule has 20 heavy (non-hydrogen) atoms. The van der Waals surface area contributed by atoms with Gasteiger partial charge in [0.1, 0.15) is 5.69 Å². The molecule has 1 aromatic rings. The summed E-state index contributed by atoms with van der Waals surface area (Å²) < 4.78 is 0.846. The molecule has 0 aliphatic carbocycles. The van der Waals surface area contributed by atoms with Crippen molar-refractivity contribution in [2.75, 3.05) is 32.2 Å². The fourth-order valence-electron chi connectivity index (χ4n) is 1.19. The SMILES string of the molecule is CNC(=O)CN(C)C(=O)CSc1nnc(C)c(=O)n1N. The van der Waals surface area contributed by atoms with Crippen molar-refractivity contribution in [1.29, 1.82) is 0 Å². The molecule has 0 spiro atoms. The lowest BCUT2D eigenvalue weighted by Crippen LogP contribution is -2.38. The van der Waals surface area contributed by atoms with Gasteiger partial charge < -0.3 is 16.1 Å². The van der Waals surface area contributed by atoms with Gasteiger partial charge in [-0.15, -0.1) is 10.2 Å². The average molecular weight is 300 g/mol. The number of aromatic nitrogens is 3. The van der Waals surface area contributed by atoms with E-state index in [1.54, 1.807) is 0 Å². The Morgan fingerprint density at radius 3 is 2.70 bits per heavy atom. The summed E-state index contributed by atoms with van der Waals surface area (Å²) in [5.41, 5.74) is -0.284. The van der Waals surface area contributed by atoms with Crippen LogP contribution in [0.2, 0.25) is 0 Å². The highest BCUT2D eigenvalue weighted by molar-refractivity contribution is 7.99. The van der Waals surface area contributed by atoms with Crippen LogP contribution in [-0.4, -0.2) is 58.0 Å². The highest BCUT2D eigenvalue weighted by atomic mass is 32.2. The molecule has 0 bridgehead atoms. The molecule has 9 nitrogen and oxygen atoms in total. The van der Waals surface area contributed by atoms with Crippen molar-refractivity contribution in [3.63, 3.8) is 0 Å². The average Bonchev–Trinajstić information content (AvgIpc) is 2.43. The summed E-state index contributed by atoms with van der Waals surface area (Å²) in [5, 5.41) is 9.96. The maximum Gasteiger partial charge on any atom is 0.294 e. The maximum absolute atomic E-state index is 11.8. The number of aryl methyl sites for hydroxylation is 1. The number of hydrogen-bond acceptors (Lipinski definition) is 7. The van der Waals surface area contributed by atoms with E-state index >= 15 is 0 Å². The normalized spacial score (nSPS) is 10.2. The van der Waals surface area contributed by atoms with E-state index in [-0.39, 0.29) is 35.0 Å². The molecule has 110 valence electrons. The van der Waals surface area contributed by atoms with E-state index < -0.39 is 5.56 Å². The van der Waals surface area contributed by atoms with Crippen molar-refractivity contribution < 1.29 is 9.59 Å². The highest BCUT2D eigenvalue weighted by Gasteiger charge is 2.14. The lowest BCUT2D eigenvalue weighted by molar-refractivity contribution is -0.132. The first kappa shape index (κ1) is 16.0. The molecule has 0 radical (unpaired) electrons. The van der Waals surface area contributed by atoms with Gasteiger partial charge in [-0.3, -0.25) is 14.4 Å². The number of carbonyl (C=O) groups excluding carboxylic acids is 2. The molecule has 0 aliphatic heterocycles. The summed E-state index contributed by atoms with van der Waals surface area (Å²) in [5.74, 6) is 4.99. The molecule has 0 atom stereocenters. The Morgan fingerprint density at radius 1 is 1.45 bits per heavy atom. The summed E-state index contributed by atoms with van der Waals surface area (Å²) in [6.45, 7) is 1.46. The molecule has 3 N–H and O–H groups in total. The lowest BCUT2D eigenvalue weighted by Gasteiger charge is -2.15. The van der Waals surface area contributed by atoms with E-state index in [2.05, 4.69) is 15.5 Å². The van der Waals surface area contributed by atoms with Gasteiger partial charge in [0.05, 0.1) is 12.3 Å². The van der Waals surface area contributed by atoms with Gasteiger partial charge >= 0.3 is 0 Å². The summed E-state index contributed by atoms with van der Waals surface area (Å²) in [6, 6.07) is 0. The van der Waals surface area contributed by atoms with Gasteiger partial charge in [-0.2, -0.15) is 4.68 Å². The molecular weight excluding hydrogens is 284 g/mol. The predicted octanol–water partition coefficient (Wildman–Crippen LogP) is -2.04. The van der Waals surface area contributed by atoms with Crippen LogP contribution in [0, 0.1) is 6.92 Å². The van der Waals surface area contributed by atoms with Crippen molar-refractivity contribution in [3.8, 4) is 0 Å². The van der Waals surface area contributed by atoms with Gasteiger partial charge in [-0.05, 0) is 6.92 Å². The van der Waals surface area contributed by atoms with Crippen LogP contribution in [0.4, 0.5) is 0 Å². The molecule has 10 heteroatoms. The van der Waals surface area contributed by atoms with Gasteiger partial charge in [0.15, 0.2) is 0 Å². The Labute approximate surface area is 119 Å². The molecule has 0 saturated carbocycles. The van der Waals surface area contributed by atoms with Crippen molar-refractivity contribution in [1.82, 2.24) is 25.1 Å². The summed E-state index contributed by atoms with van der Waals surface area (Å²) in [6.07, 6.45) is 0. The highest BCUT2D eigenvalue weighted by Crippen LogP contribution is 2.11. The van der Waals surface area contributed by atoms with E-state index in [4.69, 9.17) is 5.84 Å². The molecule has 0 saturated heterocycles. The molecule has 1 heterocycles. The number of nitrogens with two attached hydrogens (primary N) is 1. The second kappa shape index (κ2) is 6.89. The number of nitrogens with one attached hydrogen (secondary N) is 1. The van der Waals surface area contributed by atoms with Crippen molar-refractivity contribution in [2.24, 2.45) is 0 Å². The monoisotopic (exact) mass is 300 g/mol. The molecule has 0 aliphatic rings. The molecule has 0 aromatic carbocycles. The fraction of sp³-hybridized carbons (Fsp3) is 0.500. The summed E-state index contributed by atoms with van der Waals surface area (Å²) in [7, 11) is 3.00. The van der Waals surface area contributed by atoms with Gasteiger partial charge in [0, 0.05) is 14.1 Å². The number of hydrogen-bond donors (Lipinski definition) is 2. The number of nitrogens with zero attached hydrogens (tertiary/aromatic N) is 4. The smallest absolute Gasteiger partial charge is 0.294 e. The minimum atomic E-state index is -0.464. The third-order valence-electron chi connectivity index (χ3n) is 2.43. The minimum absolute atomic E-state index is 0.00186. The number of amides is 2. The summed E-state index contributed by atoms with van der Waals surface area (Å²) >= 11 is 0.982. The van der Waals surface area contributed by atoms with Crippen LogP contribution >= 0.6 is 11.8 Å². The van der Waals surface area contributed by atoms with Crippen LogP contribution in [0.1, 0.15) is 5.69 Å². The zero-order chi connectivity index (χ0) is 15.3. The number of nitrogen functional groups attached to an aromatic ring is 1. The van der Waals surface area contributed by atoms with Crippen molar-refractivity contribution >= 4 is 23.6 Å². The zero-order valence-corrected chi connectivity index (χ0v) is 12.2. The number of rotatable bonds is 5. The molecule has 1 aromatic heterocycles. The van der Waals surface area contributed by atoms with E-state index in [0.717, 1.165) is 16.4 Å². The van der Waals surface area contributed by atoms with E-state index in [9.17, 15) is 14.4 Å². The Morgan fingerprint density at radius 2 is 2.10 bits per heavy atom. The van der Waals surface area contributed by atoms with Crippen molar-refractivity contribution in [2.45, 2.75) is 12.1 Å². The third kappa shape index (κ3) is 3.95. The molecule has 1 rings (SSSR count). The first-order valence-electron chi connectivity index (χ1n) is 5.65. The molecule has 0 unspecified atom stereocenters. The van der Waals surface area contributed by atoms with Crippen molar-refractivity contribution in [3.05, 3.63) is 16.0 Å².